The van der Waals surface area contributed by atoms with Gasteiger partial charge < -0.3 is 10.2 Å². The SMILES string of the molecule is CN[C@@H]1CCCN(C(=O)c2csc(-c3ccccn3)n2)C1. The van der Waals surface area contributed by atoms with Crippen LogP contribution in [-0.4, -0.2) is 47.0 Å². The minimum Gasteiger partial charge on any atom is -0.336 e. The second-order valence-corrected chi connectivity index (χ2v) is 5.99. The molecule has 1 amide bonds. The van der Waals surface area contributed by atoms with Crippen LogP contribution in [0.25, 0.3) is 10.7 Å². The van der Waals surface area contributed by atoms with Gasteiger partial charge in [0.15, 0.2) is 0 Å². The number of aromatic nitrogens is 2. The topological polar surface area (TPSA) is 58.1 Å². The quantitative estimate of drug-likeness (QED) is 0.942. The predicted molar refractivity (Wildman–Crippen MR) is 83.3 cm³/mol. The Morgan fingerprint density at radius 1 is 1.48 bits per heavy atom. The standard InChI is InChI=1S/C15H18N4OS/c1-16-11-5-4-8-19(9-11)15(20)13-10-21-14(18-13)12-6-2-3-7-17-12/h2-3,6-7,10-11,16H,4-5,8-9H2,1H3/t11-/m1/s1. The molecule has 0 aliphatic carbocycles. The van der Waals surface area contributed by atoms with Gasteiger partial charge in [0.05, 0.1) is 5.69 Å². The average molecular weight is 302 g/mol. The minimum absolute atomic E-state index is 0.0216. The number of piperidine rings is 1. The van der Waals surface area contributed by atoms with Gasteiger partial charge in [-0.15, -0.1) is 11.3 Å². The van der Waals surface area contributed by atoms with E-state index < -0.39 is 0 Å². The molecule has 0 saturated carbocycles. The number of hydrogen-bond acceptors (Lipinski definition) is 5. The van der Waals surface area contributed by atoms with Gasteiger partial charge in [-0.05, 0) is 32.0 Å². The van der Waals surface area contributed by atoms with E-state index in [0.717, 1.165) is 36.6 Å². The second-order valence-electron chi connectivity index (χ2n) is 5.13. The van der Waals surface area contributed by atoms with E-state index in [1.165, 1.54) is 11.3 Å². The lowest BCUT2D eigenvalue weighted by atomic mass is 10.1. The third kappa shape index (κ3) is 3.11. The summed E-state index contributed by atoms with van der Waals surface area (Å²) in [5.74, 6) is 0.0216. The lowest BCUT2D eigenvalue weighted by Gasteiger charge is -2.32. The summed E-state index contributed by atoms with van der Waals surface area (Å²) in [6.45, 7) is 1.57. The smallest absolute Gasteiger partial charge is 0.273 e. The fourth-order valence-electron chi connectivity index (χ4n) is 2.54. The van der Waals surface area contributed by atoms with E-state index in [9.17, 15) is 4.79 Å². The van der Waals surface area contributed by atoms with Crippen LogP contribution in [-0.2, 0) is 0 Å². The van der Waals surface area contributed by atoms with Gasteiger partial charge in [-0.2, -0.15) is 0 Å². The molecule has 1 N–H and O–H groups in total. The Bertz CT molecular complexity index is 613. The van der Waals surface area contributed by atoms with Crippen molar-refractivity contribution < 1.29 is 4.79 Å². The maximum Gasteiger partial charge on any atom is 0.273 e. The van der Waals surface area contributed by atoms with Crippen LogP contribution in [0.1, 0.15) is 23.3 Å². The molecule has 0 spiro atoms. The molecule has 6 heteroatoms. The van der Waals surface area contributed by atoms with Gasteiger partial charge in [0.25, 0.3) is 5.91 Å². The molecule has 1 atom stereocenters. The number of carbonyl (C=O) groups excluding carboxylic acids is 1. The molecule has 1 aliphatic rings. The van der Waals surface area contributed by atoms with E-state index in [0.29, 0.717) is 11.7 Å². The van der Waals surface area contributed by atoms with Gasteiger partial charge in [0.1, 0.15) is 10.7 Å². The molecule has 5 nitrogen and oxygen atoms in total. The highest BCUT2D eigenvalue weighted by molar-refractivity contribution is 7.13. The third-order valence-electron chi connectivity index (χ3n) is 3.72. The molecule has 2 aromatic heterocycles. The van der Waals surface area contributed by atoms with Gasteiger partial charge in [-0.3, -0.25) is 9.78 Å². The number of likely N-dealkylation sites (tertiary alicyclic amines) is 1. The molecule has 0 bridgehead atoms. The number of likely N-dealkylation sites (N-methyl/N-ethyl adjacent to an activating group) is 1. The minimum atomic E-state index is 0.0216. The van der Waals surface area contributed by atoms with Gasteiger partial charge in [0, 0.05) is 30.7 Å². The Morgan fingerprint density at radius 3 is 3.14 bits per heavy atom. The Hall–Kier alpha value is -1.79. The second kappa shape index (κ2) is 6.32. The number of nitrogens with zero attached hydrogens (tertiary/aromatic N) is 3. The zero-order valence-electron chi connectivity index (χ0n) is 12.0. The summed E-state index contributed by atoms with van der Waals surface area (Å²) in [5, 5.41) is 5.87. The van der Waals surface area contributed by atoms with Crippen LogP contribution in [0.4, 0.5) is 0 Å². The number of nitrogens with one attached hydrogen (secondary N) is 1. The number of pyridine rings is 1. The molecule has 0 radical (unpaired) electrons. The normalized spacial score (nSPS) is 18.7. The third-order valence-corrected chi connectivity index (χ3v) is 4.59. The van der Waals surface area contributed by atoms with Crippen molar-refractivity contribution in [2.24, 2.45) is 0 Å². The van der Waals surface area contributed by atoms with E-state index >= 15 is 0 Å². The van der Waals surface area contributed by atoms with Gasteiger partial charge in [-0.1, -0.05) is 6.07 Å². The fourth-order valence-corrected chi connectivity index (χ4v) is 3.31. The first-order valence-corrected chi connectivity index (χ1v) is 7.99. The summed E-state index contributed by atoms with van der Waals surface area (Å²) in [6.07, 6.45) is 3.89. The van der Waals surface area contributed by atoms with Crippen molar-refractivity contribution in [2.75, 3.05) is 20.1 Å². The van der Waals surface area contributed by atoms with Gasteiger partial charge in [-0.25, -0.2) is 4.98 Å². The lowest BCUT2D eigenvalue weighted by molar-refractivity contribution is 0.0693. The first-order valence-electron chi connectivity index (χ1n) is 7.11. The van der Waals surface area contributed by atoms with E-state index in [2.05, 4.69) is 15.3 Å². The van der Waals surface area contributed by atoms with Crippen molar-refractivity contribution in [3.8, 4) is 10.7 Å². The van der Waals surface area contributed by atoms with Crippen molar-refractivity contribution in [3.63, 3.8) is 0 Å². The van der Waals surface area contributed by atoms with Crippen LogP contribution in [0.15, 0.2) is 29.8 Å². The van der Waals surface area contributed by atoms with Crippen LogP contribution in [0.5, 0.6) is 0 Å². The van der Waals surface area contributed by atoms with E-state index in [1.807, 2.05) is 35.5 Å². The first kappa shape index (κ1) is 14.2. The maximum atomic E-state index is 12.5. The largest absolute Gasteiger partial charge is 0.336 e. The highest BCUT2D eigenvalue weighted by Crippen LogP contribution is 2.23. The van der Waals surface area contributed by atoms with E-state index in [1.54, 1.807) is 6.20 Å². The van der Waals surface area contributed by atoms with Gasteiger partial charge >= 0.3 is 0 Å². The molecule has 1 fully saturated rings. The summed E-state index contributed by atoms with van der Waals surface area (Å²) >= 11 is 1.46. The molecule has 3 heterocycles. The Kier molecular flexibility index (Phi) is 4.26. The highest BCUT2D eigenvalue weighted by atomic mass is 32.1. The molecular weight excluding hydrogens is 284 g/mol. The number of hydrogen-bond donors (Lipinski definition) is 1. The van der Waals surface area contributed by atoms with Crippen molar-refractivity contribution in [1.29, 1.82) is 0 Å². The first-order chi connectivity index (χ1) is 10.3. The number of rotatable bonds is 3. The summed E-state index contributed by atoms with van der Waals surface area (Å²) in [4.78, 5) is 23.1. The lowest BCUT2D eigenvalue weighted by Crippen LogP contribution is -2.47. The van der Waals surface area contributed by atoms with Crippen LogP contribution < -0.4 is 5.32 Å². The maximum absolute atomic E-state index is 12.5. The number of thiazole rings is 1. The predicted octanol–water partition coefficient (Wildman–Crippen LogP) is 2.03. The summed E-state index contributed by atoms with van der Waals surface area (Å²) < 4.78 is 0. The Labute approximate surface area is 128 Å². The highest BCUT2D eigenvalue weighted by Gasteiger charge is 2.25. The molecule has 110 valence electrons. The molecule has 1 saturated heterocycles. The summed E-state index contributed by atoms with van der Waals surface area (Å²) in [7, 11) is 1.95. The van der Waals surface area contributed by atoms with Crippen LogP contribution in [0.2, 0.25) is 0 Å². The van der Waals surface area contributed by atoms with Gasteiger partial charge in [0.2, 0.25) is 0 Å². The zero-order valence-corrected chi connectivity index (χ0v) is 12.8. The molecule has 0 unspecified atom stereocenters. The van der Waals surface area contributed by atoms with Crippen molar-refractivity contribution >= 4 is 17.2 Å². The Morgan fingerprint density at radius 2 is 2.38 bits per heavy atom. The average Bonchev–Trinajstić information content (AvgIpc) is 3.05. The van der Waals surface area contributed by atoms with Crippen LogP contribution in [0, 0.1) is 0 Å². The Balaban J connectivity index is 1.75. The molecule has 1 aliphatic heterocycles. The van der Waals surface area contributed by atoms with E-state index in [-0.39, 0.29) is 5.91 Å². The molecule has 3 rings (SSSR count). The number of amides is 1. The molecule has 0 aromatic carbocycles. The van der Waals surface area contributed by atoms with Crippen molar-refractivity contribution in [3.05, 3.63) is 35.5 Å². The molecular formula is C15H18N4OS. The van der Waals surface area contributed by atoms with Crippen LogP contribution in [0.3, 0.4) is 0 Å². The van der Waals surface area contributed by atoms with Crippen molar-refractivity contribution in [2.45, 2.75) is 18.9 Å². The zero-order chi connectivity index (χ0) is 14.7. The summed E-state index contributed by atoms with van der Waals surface area (Å²) in [5.41, 5.74) is 1.34. The molecule has 21 heavy (non-hydrogen) atoms. The molecule has 2 aromatic rings. The fraction of sp³-hybridized carbons (Fsp3) is 0.400. The van der Waals surface area contributed by atoms with E-state index in [4.69, 9.17) is 0 Å². The van der Waals surface area contributed by atoms with Crippen LogP contribution >= 0.6 is 11.3 Å². The summed E-state index contributed by atoms with van der Waals surface area (Å²) in [6, 6.07) is 6.09. The van der Waals surface area contributed by atoms with Crippen molar-refractivity contribution in [1.82, 2.24) is 20.2 Å². The number of carbonyl (C=O) groups is 1. The monoisotopic (exact) mass is 302 g/mol.